The Balaban J connectivity index is 1.43. The molecule has 0 atom stereocenters. The Bertz CT molecular complexity index is 876. The number of benzene rings is 2. The third-order valence-electron chi connectivity index (χ3n) is 3.43. The highest BCUT2D eigenvalue weighted by molar-refractivity contribution is 5.83. The molecule has 2 N–H and O–H groups in total. The van der Waals surface area contributed by atoms with Gasteiger partial charge in [0.05, 0.1) is 17.3 Å². The monoisotopic (exact) mass is 319 g/mol. The molecule has 0 saturated heterocycles. The minimum Gasteiger partial charge on any atom is -0.445 e. The molecule has 3 rings (SSSR count). The van der Waals surface area contributed by atoms with Gasteiger partial charge in [-0.15, -0.1) is 0 Å². The van der Waals surface area contributed by atoms with Gasteiger partial charge in [0.15, 0.2) is 0 Å². The van der Waals surface area contributed by atoms with Crippen LogP contribution in [0.1, 0.15) is 17.5 Å². The first-order valence-electron chi connectivity index (χ1n) is 7.68. The van der Waals surface area contributed by atoms with Gasteiger partial charge in [0.25, 0.3) is 0 Å². The number of ether oxygens (including phenoxy) is 1. The number of nitrogens with one attached hydrogen (secondary N) is 2. The highest BCUT2D eigenvalue weighted by Gasteiger charge is 2.01. The lowest BCUT2D eigenvalue weighted by atomic mass is 10.1. The number of hydrogen-bond donors (Lipinski definition) is 2. The molecule has 0 saturated carbocycles. The number of amides is 1. The third kappa shape index (κ3) is 4.14. The number of aromatic nitrogens is 2. The largest absolute Gasteiger partial charge is 0.445 e. The quantitative estimate of drug-likeness (QED) is 0.573. The second-order valence-electron chi connectivity index (χ2n) is 5.18. The number of fused-ring (bicyclic) bond motifs is 1. The summed E-state index contributed by atoms with van der Waals surface area (Å²) in [4.78, 5) is 11.6. The lowest BCUT2D eigenvalue weighted by molar-refractivity contribution is 0.140. The fraction of sp³-hybridized carbons (Fsp3) is 0.158. The van der Waals surface area contributed by atoms with E-state index in [-0.39, 0.29) is 6.61 Å². The van der Waals surface area contributed by atoms with Crippen molar-refractivity contribution in [2.45, 2.75) is 13.0 Å². The summed E-state index contributed by atoms with van der Waals surface area (Å²) >= 11 is 0. The second kappa shape index (κ2) is 7.84. The van der Waals surface area contributed by atoms with Crippen LogP contribution >= 0.6 is 0 Å². The third-order valence-corrected chi connectivity index (χ3v) is 3.43. The average Bonchev–Trinajstić information content (AvgIpc) is 3.10. The Morgan fingerprint density at radius 3 is 2.92 bits per heavy atom. The van der Waals surface area contributed by atoms with Gasteiger partial charge in [-0.25, -0.2) is 4.79 Å². The lowest BCUT2D eigenvalue weighted by Crippen LogP contribution is -2.24. The standard InChI is InChI=1S/C19H17N3O2/c23-19(24-14-15-7-2-1-3-8-15)20-12-5-4-9-16-10-6-11-17-13-21-22-18(16)17/h1-3,6-8,10-11,13H,5,12,14H2,(H,20,23)(H,21,22). The summed E-state index contributed by atoms with van der Waals surface area (Å²) in [6.45, 7) is 0.708. The van der Waals surface area contributed by atoms with Crippen molar-refractivity contribution in [3.8, 4) is 11.8 Å². The Hall–Kier alpha value is -3.26. The summed E-state index contributed by atoms with van der Waals surface area (Å²) in [5, 5.41) is 10.7. The Kier molecular flexibility index (Phi) is 5.10. The van der Waals surface area contributed by atoms with Crippen LogP contribution in [0.5, 0.6) is 0 Å². The summed E-state index contributed by atoms with van der Waals surface area (Å²) in [7, 11) is 0. The number of carbonyl (C=O) groups is 1. The zero-order chi connectivity index (χ0) is 16.6. The van der Waals surface area contributed by atoms with Crippen LogP contribution in [0.2, 0.25) is 0 Å². The molecule has 1 heterocycles. The van der Waals surface area contributed by atoms with Crippen LogP contribution in [0.3, 0.4) is 0 Å². The highest BCUT2D eigenvalue weighted by Crippen LogP contribution is 2.14. The van der Waals surface area contributed by atoms with E-state index in [0.717, 1.165) is 22.0 Å². The highest BCUT2D eigenvalue weighted by atomic mass is 16.5. The van der Waals surface area contributed by atoms with Gasteiger partial charge in [-0.3, -0.25) is 5.10 Å². The molecule has 0 unspecified atom stereocenters. The first-order valence-corrected chi connectivity index (χ1v) is 7.68. The van der Waals surface area contributed by atoms with E-state index in [1.807, 2.05) is 48.5 Å². The van der Waals surface area contributed by atoms with Crippen LogP contribution in [-0.2, 0) is 11.3 Å². The molecule has 3 aromatic rings. The number of rotatable bonds is 4. The number of nitrogens with zero attached hydrogens (tertiary/aromatic N) is 1. The molecule has 0 aliphatic carbocycles. The maximum atomic E-state index is 11.6. The molecule has 1 aromatic heterocycles. The fourth-order valence-electron chi connectivity index (χ4n) is 2.23. The molecule has 24 heavy (non-hydrogen) atoms. The summed E-state index contributed by atoms with van der Waals surface area (Å²) in [6, 6.07) is 15.4. The van der Waals surface area contributed by atoms with E-state index < -0.39 is 6.09 Å². The summed E-state index contributed by atoms with van der Waals surface area (Å²) < 4.78 is 5.13. The van der Waals surface area contributed by atoms with Gasteiger partial charge in [-0.1, -0.05) is 54.3 Å². The number of H-pyrrole nitrogens is 1. The Morgan fingerprint density at radius 2 is 2.04 bits per heavy atom. The van der Waals surface area contributed by atoms with E-state index in [2.05, 4.69) is 27.4 Å². The topological polar surface area (TPSA) is 67.0 Å². The molecule has 2 aromatic carbocycles. The average molecular weight is 319 g/mol. The van der Waals surface area contributed by atoms with Gasteiger partial charge in [0.2, 0.25) is 0 Å². The molecule has 5 nitrogen and oxygen atoms in total. The van der Waals surface area contributed by atoms with Crippen molar-refractivity contribution in [2.75, 3.05) is 6.54 Å². The Morgan fingerprint density at radius 1 is 1.17 bits per heavy atom. The molecule has 5 heteroatoms. The summed E-state index contributed by atoms with van der Waals surface area (Å²) in [5.74, 6) is 6.14. The van der Waals surface area contributed by atoms with Crippen LogP contribution in [0.15, 0.2) is 54.7 Å². The maximum absolute atomic E-state index is 11.6. The summed E-state index contributed by atoms with van der Waals surface area (Å²) in [6.07, 6.45) is 1.88. The van der Waals surface area contributed by atoms with Crippen LogP contribution in [0.4, 0.5) is 4.79 Å². The van der Waals surface area contributed by atoms with Crippen LogP contribution in [-0.4, -0.2) is 22.8 Å². The molecule has 120 valence electrons. The normalized spacial score (nSPS) is 10.0. The van der Waals surface area contributed by atoms with Gasteiger partial charge < -0.3 is 10.1 Å². The number of alkyl carbamates (subject to hydrolysis) is 1. The van der Waals surface area contributed by atoms with Crippen molar-refractivity contribution < 1.29 is 9.53 Å². The molecule has 0 bridgehead atoms. The minimum atomic E-state index is -0.434. The fourth-order valence-corrected chi connectivity index (χ4v) is 2.23. The SMILES string of the molecule is O=C(NCCC#Cc1cccc2cn[nH]c12)OCc1ccccc1. The van der Waals surface area contributed by atoms with Crippen molar-refractivity contribution in [3.05, 3.63) is 65.9 Å². The summed E-state index contributed by atoms with van der Waals surface area (Å²) in [5.41, 5.74) is 2.79. The van der Waals surface area contributed by atoms with Gasteiger partial charge in [-0.05, 0) is 11.6 Å². The van der Waals surface area contributed by atoms with Crippen LogP contribution in [0, 0.1) is 11.8 Å². The molecule has 1 amide bonds. The molecule has 0 radical (unpaired) electrons. The number of aromatic amines is 1. The maximum Gasteiger partial charge on any atom is 0.407 e. The number of hydrogen-bond acceptors (Lipinski definition) is 3. The predicted octanol–water partition coefficient (Wildman–Crippen LogP) is 3.23. The molecule has 0 spiro atoms. The van der Waals surface area contributed by atoms with Crippen molar-refractivity contribution >= 4 is 17.0 Å². The number of carbonyl (C=O) groups excluding carboxylic acids is 1. The second-order valence-corrected chi connectivity index (χ2v) is 5.18. The van der Waals surface area contributed by atoms with E-state index in [9.17, 15) is 4.79 Å². The van der Waals surface area contributed by atoms with Crippen LogP contribution < -0.4 is 5.32 Å². The van der Waals surface area contributed by atoms with Gasteiger partial charge in [0.1, 0.15) is 6.61 Å². The first-order chi connectivity index (χ1) is 11.8. The molecular formula is C19H17N3O2. The minimum absolute atomic E-state index is 0.264. The molecular weight excluding hydrogens is 302 g/mol. The van der Waals surface area contributed by atoms with Crippen molar-refractivity contribution in [1.82, 2.24) is 15.5 Å². The van der Waals surface area contributed by atoms with E-state index >= 15 is 0 Å². The Labute approximate surface area is 140 Å². The smallest absolute Gasteiger partial charge is 0.407 e. The number of para-hydroxylation sites is 1. The van der Waals surface area contributed by atoms with Gasteiger partial charge in [-0.2, -0.15) is 5.10 Å². The zero-order valence-corrected chi connectivity index (χ0v) is 13.1. The lowest BCUT2D eigenvalue weighted by Gasteiger charge is -2.05. The van der Waals surface area contributed by atoms with E-state index in [1.165, 1.54) is 0 Å². The van der Waals surface area contributed by atoms with E-state index in [0.29, 0.717) is 13.0 Å². The predicted molar refractivity (Wildman–Crippen MR) is 92.2 cm³/mol. The van der Waals surface area contributed by atoms with Crippen molar-refractivity contribution in [1.29, 1.82) is 0 Å². The van der Waals surface area contributed by atoms with E-state index in [4.69, 9.17) is 4.74 Å². The van der Waals surface area contributed by atoms with Crippen molar-refractivity contribution in [3.63, 3.8) is 0 Å². The van der Waals surface area contributed by atoms with Gasteiger partial charge >= 0.3 is 6.09 Å². The molecule has 0 aliphatic rings. The molecule has 0 aliphatic heterocycles. The van der Waals surface area contributed by atoms with Crippen molar-refractivity contribution in [2.24, 2.45) is 0 Å². The van der Waals surface area contributed by atoms with E-state index in [1.54, 1.807) is 6.20 Å². The van der Waals surface area contributed by atoms with Gasteiger partial charge in [0, 0.05) is 18.4 Å². The first kappa shape index (κ1) is 15.6. The van der Waals surface area contributed by atoms with Crippen LogP contribution in [0.25, 0.3) is 10.9 Å². The zero-order valence-electron chi connectivity index (χ0n) is 13.1. The molecule has 0 fully saturated rings.